The summed E-state index contributed by atoms with van der Waals surface area (Å²) in [7, 11) is 0. The molecule has 1 amide bonds. The molecule has 0 spiro atoms. The van der Waals surface area contributed by atoms with Crippen LogP contribution < -0.4 is 5.32 Å². The Hall–Kier alpha value is -2.64. The Morgan fingerprint density at radius 1 is 1.23 bits per heavy atom. The monoisotopic (exact) mass is 480 g/mol. The van der Waals surface area contributed by atoms with Crippen molar-refractivity contribution in [2.24, 2.45) is 17.8 Å². The highest BCUT2D eigenvalue weighted by Gasteiger charge is 2.43. The van der Waals surface area contributed by atoms with Crippen molar-refractivity contribution in [3.8, 4) is 0 Å². The number of amides is 1. The van der Waals surface area contributed by atoms with Crippen molar-refractivity contribution < 1.29 is 24.2 Å². The van der Waals surface area contributed by atoms with Gasteiger partial charge in [-0.2, -0.15) is 0 Å². The number of hydrogen-bond donors (Lipinski definition) is 2. The van der Waals surface area contributed by atoms with Gasteiger partial charge < -0.3 is 19.9 Å². The van der Waals surface area contributed by atoms with Gasteiger partial charge in [-0.05, 0) is 68.6 Å². The molecule has 2 aliphatic carbocycles. The summed E-state index contributed by atoms with van der Waals surface area (Å²) in [6.07, 6.45) is 9.18. The highest BCUT2D eigenvalue weighted by Crippen LogP contribution is 2.45. The number of aliphatic hydroxyl groups excluding tert-OH is 1. The number of carbonyl (C=O) groups is 2. The molecule has 35 heavy (non-hydrogen) atoms. The second kappa shape index (κ2) is 10.2. The molecule has 188 valence electrons. The van der Waals surface area contributed by atoms with E-state index in [0.717, 1.165) is 28.8 Å². The average molecular weight is 481 g/mol. The number of nitrogens with one attached hydrogen (secondary N) is 1. The number of fused-ring (bicyclic) bond motifs is 3. The molecule has 7 heteroatoms. The van der Waals surface area contributed by atoms with Gasteiger partial charge in [-0.15, -0.1) is 0 Å². The molecule has 2 aromatic rings. The number of ether oxygens (including phenoxy) is 2. The third-order valence-corrected chi connectivity index (χ3v) is 8.13. The molecule has 2 fully saturated rings. The first-order valence-corrected chi connectivity index (χ1v) is 13.0. The van der Waals surface area contributed by atoms with Crippen molar-refractivity contribution in [1.82, 2.24) is 9.88 Å². The van der Waals surface area contributed by atoms with E-state index in [2.05, 4.69) is 5.32 Å². The van der Waals surface area contributed by atoms with Crippen molar-refractivity contribution in [2.45, 2.75) is 70.6 Å². The lowest BCUT2D eigenvalue weighted by Gasteiger charge is -2.37. The smallest absolute Gasteiger partial charge is 0.286 e. The van der Waals surface area contributed by atoms with Crippen LogP contribution in [0.5, 0.6) is 0 Å². The first kappa shape index (κ1) is 24.1. The van der Waals surface area contributed by atoms with Crippen molar-refractivity contribution in [3.05, 3.63) is 47.9 Å². The molecular formula is C28H36N2O5. The van der Waals surface area contributed by atoms with E-state index in [1.54, 1.807) is 11.5 Å². The van der Waals surface area contributed by atoms with E-state index in [1.807, 2.05) is 43.5 Å². The number of aliphatic hydroxyl groups is 1. The van der Waals surface area contributed by atoms with Crippen LogP contribution in [0.25, 0.3) is 10.9 Å². The van der Waals surface area contributed by atoms with Gasteiger partial charge in [0.15, 0.2) is 5.76 Å². The van der Waals surface area contributed by atoms with E-state index in [0.29, 0.717) is 25.4 Å². The molecule has 2 saturated carbocycles. The summed E-state index contributed by atoms with van der Waals surface area (Å²) in [4.78, 5) is 25.8. The van der Waals surface area contributed by atoms with Crippen LogP contribution >= 0.6 is 0 Å². The quantitative estimate of drug-likeness (QED) is 0.586. The number of carbonyl (C=O) groups excluding carboxylic acids is 2. The molecule has 1 aromatic heterocycles. The van der Waals surface area contributed by atoms with Crippen LogP contribution in [0.2, 0.25) is 0 Å². The Labute approximate surface area is 206 Å². The van der Waals surface area contributed by atoms with Gasteiger partial charge in [-0.1, -0.05) is 24.6 Å². The van der Waals surface area contributed by atoms with Crippen LogP contribution in [-0.2, 0) is 14.3 Å². The Morgan fingerprint density at radius 3 is 2.74 bits per heavy atom. The Bertz CT molecular complexity index is 1120. The average Bonchev–Trinajstić information content (AvgIpc) is 3.57. The number of nitrogens with zero attached hydrogens (tertiary/aromatic N) is 1. The van der Waals surface area contributed by atoms with Crippen LogP contribution in [-0.4, -0.2) is 47.0 Å². The van der Waals surface area contributed by atoms with E-state index >= 15 is 0 Å². The Morgan fingerprint density at radius 2 is 2.06 bits per heavy atom. The lowest BCUT2D eigenvalue weighted by Crippen LogP contribution is -2.43. The number of hydrogen-bond acceptors (Lipinski definition) is 5. The van der Waals surface area contributed by atoms with Crippen molar-refractivity contribution in [3.63, 3.8) is 0 Å². The summed E-state index contributed by atoms with van der Waals surface area (Å²) in [5, 5.41) is 13.8. The summed E-state index contributed by atoms with van der Waals surface area (Å²) < 4.78 is 13.9. The van der Waals surface area contributed by atoms with Crippen LogP contribution in [0.15, 0.2) is 42.3 Å². The second-order valence-corrected chi connectivity index (χ2v) is 10.3. The van der Waals surface area contributed by atoms with Crippen molar-refractivity contribution >= 4 is 22.7 Å². The van der Waals surface area contributed by atoms with Gasteiger partial charge in [0.05, 0.1) is 5.52 Å². The minimum absolute atomic E-state index is 0.0639. The third-order valence-electron chi connectivity index (χ3n) is 8.13. The molecule has 3 aliphatic rings. The molecule has 1 aromatic carbocycles. The van der Waals surface area contributed by atoms with Gasteiger partial charge in [0, 0.05) is 49.6 Å². The van der Waals surface area contributed by atoms with Crippen molar-refractivity contribution in [2.75, 3.05) is 13.2 Å². The largest absolute Gasteiger partial charge is 0.459 e. The van der Waals surface area contributed by atoms with Crippen LogP contribution in [0.3, 0.4) is 0 Å². The minimum atomic E-state index is -0.609. The van der Waals surface area contributed by atoms with Gasteiger partial charge in [-0.25, -0.2) is 0 Å². The molecule has 2 bridgehead atoms. The fraction of sp³-hybridized carbons (Fsp3) is 0.571. The van der Waals surface area contributed by atoms with Gasteiger partial charge in [-0.3, -0.25) is 14.2 Å². The second-order valence-electron chi connectivity index (χ2n) is 10.3. The number of rotatable bonds is 8. The van der Waals surface area contributed by atoms with Crippen LogP contribution in [0.1, 0.15) is 68.6 Å². The highest BCUT2D eigenvalue weighted by atomic mass is 16.7. The lowest BCUT2D eigenvalue weighted by molar-refractivity contribution is -0.166. The lowest BCUT2D eigenvalue weighted by atomic mass is 9.80. The summed E-state index contributed by atoms with van der Waals surface area (Å²) >= 11 is 0. The maximum atomic E-state index is 13.4. The number of allylic oxidation sites excluding steroid dienone is 1. The Kier molecular flexibility index (Phi) is 6.98. The first-order chi connectivity index (χ1) is 17.0. The summed E-state index contributed by atoms with van der Waals surface area (Å²) in [5.74, 6) is 1.04. The predicted molar refractivity (Wildman–Crippen MR) is 133 cm³/mol. The molecule has 7 nitrogen and oxygen atoms in total. The number of aromatic nitrogens is 1. The molecular weight excluding hydrogens is 444 g/mol. The maximum absolute atomic E-state index is 13.4. The van der Waals surface area contributed by atoms with Gasteiger partial charge in [0.2, 0.25) is 12.2 Å². The SMILES string of the molecule is CCOC1OC(C(=O)NC2CC3CCC2C3)=CC(c2cn(C(C)=O)c3ccccc23)C1CCCO. The van der Waals surface area contributed by atoms with E-state index in [9.17, 15) is 14.7 Å². The molecule has 6 unspecified atom stereocenters. The molecule has 2 heterocycles. The highest BCUT2D eigenvalue weighted by molar-refractivity contribution is 5.95. The molecule has 0 saturated heterocycles. The Balaban J connectivity index is 1.53. The predicted octanol–water partition coefficient (Wildman–Crippen LogP) is 4.36. The molecule has 0 radical (unpaired) electrons. The standard InChI is InChI=1S/C28H36N2O5/c1-3-34-28-21(8-6-12-31)22(23-16-30(17(2)32)25-9-5-4-7-20(23)25)15-26(35-28)27(33)29-24-14-18-10-11-19(24)13-18/h4-5,7,9,15-16,18-19,21-22,24,28,31H,3,6,8,10-14H2,1-2H3,(H,29,33). The van der Waals surface area contributed by atoms with E-state index < -0.39 is 6.29 Å². The third kappa shape index (κ3) is 4.64. The van der Waals surface area contributed by atoms with E-state index in [1.165, 1.54) is 19.3 Å². The molecule has 2 N–H and O–H groups in total. The molecule has 5 rings (SSSR count). The minimum Gasteiger partial charge on any atom is -0.459 e. The summed E-state index contributed by atoms with van der Waals surface area (Å²) in [6.45, 7) is 3.98. The van der Waals surface area contributed by atoms with Gasteiger partial charge >= 0.3 is 0 Å². The molecule has 1 aliphatic heterocycles. The van der Waals surface area contributed by atoms with Gasteiger partial charge in [0.1, 0.15) is 0 Å². The first-order valence-electron chi connectivity index (χ1n) is 13.0. The zero-order valence-electron chi connectivity index (χ0n) is 20.6. The van der Waals surface area contributed by atoms with Gasteiger partial charge in [0.25, 0.3) is 5.91 Å². The van der Waals surface area contributed by atoms with Crippen LogP contribution in [0.4, 0.5) is 0 Å². The summed E-state index contributed by atoms with van der Waals surface area (Å²) in [5.41, 5.74) is 1.81. The summed E-state index contributed by atoms with van der Waals surface area (Å²) in [6, 6.07) is 8.05. The zero-order valence-corrected chi connectivity index (χ0v) is 20.6. The van der Waals surface area contributed by atoms with E-state index in [-0.39, 0.29) is 42.1 Å². The fourth-order valence-electron chi connectivity index (χ4n) is 6.52. The normalized spacial score (nSPS) is 29.7. The number of benzene rings is 1. The zero-order chi connectivity index (χ0) is 24.5. The topological polar surface area (TPSA) is 89.8 Å². The number of para-hydroxylation sites is 1. The van der Waals surface area contributed by atoms with Crippen molar-refractivity contribution in [1.29, 1.82) is 0 Å². The van der Waals surface area contributed by atoms with E-state index in [4.69, 9.17) is 9.47 Å². The molecule has 6 atom stereocenters. The fourth-order valence-corrected chi connectivity index (χ4v) is 6.52. The maximum Gasteiger partial charge on any atom is 0.286 e. The van der Waals surface area contributed by atoms with Crippen LogP contribution in [0, 0.1) is 17.8 Å².